The lowest BCUT2D eigenvalue weighted by Crippen LogP contribution is -2.36. The van der Waals surface area contributed by atoms with Crippen molar-refractivity contribution in [1.82, 2.24) is 5.48 Å². The predicted octanol–water partition coefficient (Wildman–Crippen LogP) is 3.03. The maximum absolute atomic E-state index is 5.27. The molecule has 2 fully saturated rings. The van der Waals surface area contributed by atoms with E-state index in [9.17, 15) is 0 Å². The van der Waals surface area contributed by atoms with Gasteiger partial charge in [-0.3, -0.25) is 0 Å². The minimum absolute atomic E-state index is 0.626. The van der Waals surface area contributed by atoms with Crippen molar-refractivity contribution < 1.29 is 4.84 Å². The molecule has 0 heterocycles. The molecular weight excluding hydrogens is 174 g/mol. The minimum atomic E-state index is 0.626. The van der Waals surface area contributed by atoms with Crippen molar-refractivity contribution in [2.45, 2.75) is 64.3 Å². The molecule has 14 heavy (non-hydrogen) atoms. The predicted molar refractivity (Wildman–Crippen MR) is 57.9 cm³/mol. The highest BCUT2D eigenvalue weighted by Crippen LogP contribution is 2.48. The summed E-state index contributed by atoms with van der Waals surface area (Å²) in [4.78, 5) is 5.27. The Bertz CT molecular complexity index is 165. The molecule has 2 nitrogen and oxygen atoms in total. The lowest BCUT2D eigenvalue weighted by Gasteiger charge is -2.37. The molecule has 0 aliphatic heterocycles. The van der Waals surface area contributed by atoms with Crippen molar-refractivity contribution in [3.05, 3.63) is 0 Å². The summed E-state index contributed by atoms with van der Waals surface area (Å²) in [6, 6.07) is 0.626. The molecule has 0 aromatic carbocycles. The van der Waals surface area contributed by atoms with Crippen LogP contribution >= 0.6 is 0 Å². The average molecular weight is 197 g/mol. The fraction of sp³-hybridized carbons (Fsp3) is 1.00. The van der Waals surface area contributed by atoms with Crippen LogP contribution < -0.4 is 5.48 Å². The first kappa shape index (κ1) is 10.4. The molecule has 2 aliphatic carbocycles. The van der Waals surface area contributed by atoms with Gasteiger partial charge in [-0.25, -0.2) is 0 Å². The lowest BCUT2D eigenvalue weighted by atomic mass is 9.71. The molecule has 2 aliphatic rings. The SMILES string of the molecule is CCONC1CCC2(CCCC2)CC1. The largest absolute Gasteiger partial charge is 0.302 e. The Kier molecular flexibility index (Phi) is 3.45. The molecule has 2 rings (SSSR count). The highest BCUT2D eigenvalue weighted by atomic mass is 16.6. The highest BCUT2D eigenvalue weighted by Gasteiger charge is 2.37. The zero-order valence-electron chi connectivity index (χ0n) is 9.35. The van der Waals surface area contributed by atoms with Gasteiger partial charge in [-0.1, -0.05) is 12.8 Å². The molecule has 0 aromatic rings. The number of hydroxylamine groups is 1. The normalized spacial score (nSPS) is 27.2. The van der Waals surface area contributed by atoms with Crippen molar-refractivity contribution in [1.29, 1.82) is 0 Å². The Morgan fingerprint density at radius 2 is 1.79 bits per heavy atom. The van der Waals surface area contributed by atoms with Gasteiger partial charge in [-0.15, -0.1) is 0 Å². The third kappa shape index (κ3) is 2.29. The molecule has 0 atom stereocenters. The van der Waals surface area contributed by atoms with Gasteiger partial charge in [0.1, 0.15) is 0 Å². The molecule has 82 valence electrons. The fourth-order valence-electron chi connectivity index (χ4n) is 3.17. The second kappa shape index (κ2) is 4.63. The van der Waals surface area contributed by atoms with Crippen molar-refractivity contribution in [3.63, 3.8) is 0 Å². The molecule has 2 heteroatoms. The van der Waals surface area contributed by atoms with E-state index >= 15 is 0 Å². The van der Waals surface area contributed by atoms with Crippen LogP contribution in [0, 0.1) is 5.41 Å². The van der Waals surface area contributed by atoms with E-state index in [-0.39, 0.29) is 0 Å². The van der Waals surface area contributed by atoms with Gasteiger partial charge in [0, 0.05) is 6.04 Å². The standard InChI is InChI=1S/C12H23NO/c1-2-14-13-11-5-9-12(10-6-11)7-3-4-8-12/h11,13H,2-10H2,1H3. The van der Waals surface area contributed by atoms with Crippen LogP contribution in [0.5, 0.6) is 0 Å². The second-order valence-corrected chi connectivity index (χ2v) is 5.03. The maximum Gasteiger partial charge on any atom is 0.0654 e. The van der Waals surface area contributed by atoms with Gasteiger partial charge >= 0.3 is 0 Å². The van der Waals surface area contributed by atoms with Gasteiger partial charge in [0.2, 0.25) is 0 Å². The fourth-order valence-corrected chi connectivity index (χ4v) is 3.17. The zero-order chi connectivity index (χ0) is 9.86. The van der Waals surface area contributed by atoms with Gasteiger partial charge < -0.3 is 4.84 Å². The number of hydrogen-bond donors (Lipinski definition) is 1. The monoisotopic (exact) mass is 197 g/mol. The van der Waals surface area contributed by atoms with Gasteiger partial charge in [0.05, 0.1) is 6.61 Å². The average Bonchev–Trinajstić information content (AvgIpc) is 2.66. The molecule has 0 saturated heterocycles. The van der Waals surface area contributed by atoms with Crippen molar-refractivity contribution >= 4 is 0 Å². The van der Waals surface area contributed by atoms with Gasteiger partial charge in [-0.2, -0.15) is 5.48 Å². The summed E-state index contributed by atoms with van der Waals surface area (Å²) >= 11 is 0. The number of rotatable bonds is 3. The molecule has 0 bridgehead atoms. The van der Waals surface area contributed by atoms with Crippen LogP contribution in [0.1, 0.15) is 58.3 Å². The van der Waals surface area contributed by atoms with Crippen LogP contribution in [0.25, 0.3) is 0 Å². The smallest absolute Gasteiger partial charge is 0.0654 e. The zero-order valence-corrected chi connectivity index (χ0v) is 9.35. The summed E-state index contributed by atoms with van der Waals surface area (Å²) in [5.41, 5.74) is 3.93. The second-order valence-electron chi connectivity index (χ2n) is 5.03. The van der Waals surface area contributed by atoms with E-state index in [1.54, 1.807) is 0 Å². The maximum atomic E-state index is 5.27. The molecule has 0 radical (unpaired) electrons. The summed E-state index contributed by atoms with van der Waals surface area (Å²) in [6.07, 6.45) is 11.4. The summed E-state index contributed by atoms with van der Waals surface area (Å²) < 4.78 is 0. The first-order chi connectivity index (χ1) is 6.85. The van der Waals surface area contributed by atoms with Crippen molar-refractivity contribution in [3.8, 4) is 0 Å². The van der Waals surface area contributed by atoms with Crippen LogP contribution in [0.15, 0.2) is 0 Å². The van der Waals surface area contributed by atoms with Crippen LogP contribution in [-0.4, -0.2) is 12.6 Å². The molecule has 1 N–H and O–H groups in total. The Morgan fingerprint density at radius 3 is 2.36 bits per heavy atom. The van der Waals surface area contributed by atoms with Crippen molar-refractivity contribution in [2.24, 2.45) is 5.41 Å². The number of nitrogens with one attached hydrogen (secondary N) is 1. The third-order valence-corrected chi connectivity index (χ3v) is 4.10. The summed E-state index contributed by atoms with van der Waals surface area (Å²) in [5, 5.41) is 0. The summed E-state index contributed by atoms with van der Waals surface area (Å²) in [7, 11) is 0. The van der Waals surface area contributed by atoms with Crippen LogP contribution in [-0.2, 0) is 4.84 Å². The van der Waals surface area contributed by atoms with E-state index in [1.807, 2.05) is 6.92 Å². The first-order valence-corrected chi connectivity index (χ1v) is 6.22. The van der Waals surface area contributed by atoms with E-state index in [0.29, 0.717) is 6.04 Å². The molecule has 0 aromatic heterocycles. The Labute approximate surface area is 87.4 Å². The quantitative estimate of drug-likeness (QED) is 0.702. The topological polar surface area (TPSA) is 21.3 Å². The van der Waals surface area contributed by atoms with Gasteiger partial charge in [-0.05, 0) is 50.9 Å². The summed E-state index contributed by atoms with van der Waals surface area (Å²) in [6.45, 7) is 2.82. The lowest BCUT2D eigenvalue weighted by molar-refractivity contribution is 0.00190. The highest BCUT2D eigenvalue weighted by molar-refractivity contribution is 4.90. The molecule has 0 unspecified atom stereocenters. The van der Waals surface area contributed by atoms with Crippen LogP contribution in [0.2, 0.25) is 0 Å². The Balaban J connectivity index is 1.74. The van der Waals surface area contributed by atoms with Crippen LogP contribution in [0.3, 0.4) is 0 Å². The Hall–Kier alpha value is -0.0800. The number of hydrogen-bond acceptors (Lipinski definition) is 2. The molecule has 2 saturated carbocycles. The minimum Gasteiger partial charge on any atom is -0.302 e. The van der Waals surface area contributed by atoms with E-state index < -0.39 is 0 Å². The van der Waals surface area contributed by atoms with Gasteiger partial charge in [0.15, 0.2) is 0 Å². The molecular formula is C12H23NO. The van der Waals surface area contributed by atoms with E-state index in [4.69, 9.17) is 4.84 Å². The summed E-state index contributed by atoms with van der Waals surface area (Å²) in [5.74, 6) is 0. The first-order valence-electron chi connectivity index (χ1n) is 6.22. The Morgan fingerprint density at radius 1 is 1.14 bits per heavy atom. The van der Waals surface area contributed by atoms with E-state index in [0.717, 1.165) is 12.0 Å². The van der Waals surface area contributed by atoms with E-state index in [2.05, 4.69) is 5.48 Å². The van der Waals surface area contributed by atoms with E-state index in [1.165, 1.54) is 51.4 Å². The van der Waals surface area contributed by atoms with Crippen LogP contribution in [0.4, 0.5) is 0 Å². The molecule has 1 spiro atoms. The third-order valence-electron chi connectivity index (χ3n) is 4.10. The van der Waals surface area contributed by atoms with Gasteiger partial charge in [0.25, 0.3) is 0 Å². The van der Waals surface area contributed by atoms with Crippen molar-refractivity contribution in [2.75, 3.05) is 6.61 Å². The molecule has 0 amide bonds.